The first-order chi connectivity index (χ1) is 11.6. The first-order valence-corrected chi connectivity index (χ1v) is 7.89. The highest BCUT2D eigenvalue weighted by molar-refractivity contribution is 5.86. The molecule has 0 aliphatic heterocycles. The number of aliphatic imine (C=N–C) groups is 2. The van der Waals surface area contributed by atoms with Crippen LogP contribution in [0.15, 0.2) is 22.1 Å². The van der Waals surface area contributed by atoms with E-state index < -0.39 is 18.9 Å². The van der Waals surface area contributed by atoms with Gasteiger partial charge in [-0.25, -0.2) is 19.4 Å². The van der Waals surface area contributed by atoms with Gasteiger partial charge in [0.2, 0.25) is 12.2 Å². The second-order valence-corrected chi connectivity index (χ2v) is 6.09. The number of ether oxygens (including phenoxy) is 1. The molecule has 0 aliphatic carbocycles. The van der Waals surface area contributed by atoms with Gasteiger partial charge >= 0.3 is 5.97 Å². The molecule has 2 N–H and O–H groups in total. The number of rotatable bonds is 10. The van der Waals surface area contributed by atoms with E-state index in [4.69, 9.17) is 10.2 Å². The van der Waals surface area contributed by atoms with Crippen molar-refractivity contribution in [1.82, 2.24) is 0 Å². The summed E-state index contributed by atoms with van der Waals surface area (Å²) in [6.07, 6.45) is 4.32. The van der Waals surface area contributed by atoms with Crippen LogP contribution >= 0.6 is 0 Å². The maximum absolute atomic E-state index is 10.5. The van der Waals surface area contributed by atoms with Gasteiger partial charge in [-0.15, -0.1) is 0 Å². The molecular weight excluding hydrogens is 328 g/mol. The van der Waals surface area contributed by atoms with Crippen molar-refractivity contribution in [3.8, 4) is 0 Å². The molecule has 0 fully saturated rings. The average Bonchev–Trinajstić information content (AvgIpc) is 2.52. The standard InChI is InChI=1S/C11H18N2O2.C6H10O4/c1-10(11(2,3)13-9-15)6-4-5-7-12-8-14;1-4(2)6(9)10-3-5(7)8/h10H,4-7H2,1-3H3;5,7-8H,1,3H2,2H3. The molecule has 25 heavy (non-hydrogen) atoms. The summed E-state index contributed by atoms with van der Waals surface area (Å²) in [5, 5.41) is 16.5. The van der Waals surface area contributed by atoms with Gasteiger partial charge in [0.1, 0.15) is 6.61 Å². The largest absolute Gasteiger partial charge is 0.457 e. The van der Waals surface area contributed by atoms with Crippen molar-refractivity contribution < 1.29 is 29.3 Å². The van der Waals surface area contributed by atoms with Crippen LogP contribution in [0.2, 0.25) is 0 Å². The minimum atomic E-state index is -1.61. The molecule has 0 heterocycles. The van der Waals surface area contributed by atoms with Crippen molar-refractivity contribution in [1.29, 1.82) is 0 Å². The Morgan fingerprint density at radius 3 is 2.28 bits per heavy atom. The van der Waals surface area contributed by atoms with E-state index in [2.05, 4.69) is 28.2 Å². The Bertz CT molecular complexity index is 503. The number of aliphatic hydroxyl groups is 2. The molecular formula is C17H28N2O6. The molecule has 0 bridgehead atoms. The third-order valence-corrected chi connectivity index (χ3v) is 3.47. The summed E-state index contributed by atoms with van der Waals surface area (Å²) in [6.45, 7) is 10.8. The number of hydrogen-bond acceptors (Lipinski definition) is 8. The first-order valence-electron chi connectivity index (χ1n) is 7.89. The second kappa shape index (κ2) is 14.3. The fourth-order valence-corrected chi connectivity index (χ4v) is 1.54. The topological polar surface area (TPSA) is 126 Å². The lowest BCUT2D eigenvalue weighted by atomic mass is 9.86. The maximum atomic E-state index is 10.5. The molecule has 0 saturated carbocycles. The lowest BCUT2D eigenvalue weighted by molar-refractivity contribution is -0.151. The zero-order chi connectivity index (χ0) is 19.9. The molecule has 0 aromatic carbocycles. The van der Waals surface area contributed by atoms with Crippen molar-refractivity contribution in [3.63, 3.8) is 0 Å². The van der Waals surface area contributed by atoms with Crippen molar-refractivity contribution in [2.75, 3.05) is 13.2 Å². The molecule has 0 radical (unpaired) electrons. The molecule has 8 heteroatoms. The SMILES string of the molecule is C=C(C)C(=O)OCC(O)O.CC(CCCCN=C=O)C(C)(C)N=C=O. The number of isocyanates is 2. The minimum Gasteiger partial charge on any atom is -0.457 e. The smallest absolute Gasteiger partial charge is 0.333 e. The van der Waals surface area contributed by atoms with Crippen LogP contribution in [-0.4, -0.2) is 53.3 Å². The Labute approximate surface area is 148 Å². The minimum absolute atomic E-state index is 0.237. The normalized spacial score (nSPS) is 11.3. The Hall–Kier alpha value is -2.11. The molecule has 0 rings (SSSR count). The van der Waals surface area contributed by atoms with Gasteiger partial charge in [0.15, 0.2) is 6.29 Å². The van der Waals surface area contributed by atoms with Gasteiger partial charge in [-0.3, -0.25) is 0 Å². The van der Waals surface area contributed by atoms with E-state index in [1.54, 1.807) is 6.08 Å². The predicted molar refractivity (Wildman–Crippen MR) is 92.2 cm³/mol. The molecule has 142 valence electrons. The third-order valence-electron chi connectivity index (χ3n) is 3.47. The number of unbranched alkanes of at least 4 members (excludes halogenated alkanes) is 1. The Kier molecular flexibility index (Phi) is 14.3. The lowest BCUT2D eigenvalue weighted by Gasteiger charge is -2.25. The highest BCUT2D eigenvalue weighted by atomic mass is 16.6. The van der Waals surface area contributed by atoms with Crippen LogP contribution in [0.4, 0.5) is 0 Å². The molecule has 0 saturated heterocycles. The van der Waals surface area contributed by atoms with Gasteiger partial charge in [0.25, 0.3) is 0 Å². The van der Waals surface area contributed by atoms with Crippen LogP contribution in [0.25, 0.3) is 0 Å². The van der Waals surface area contributed by atoms with Crippen molar-refractivity contribution in [2.24, 2.45) is 15.9 Å². The summed E-state index contributed by atoms with van der Waals surface area (Å²) in [6, 6.07) is 0. The summed E-state index contributed by atoms with van der Waals surface area (Å²) in [7, 11) is 0. The van der Waals surface area contributed by atoms with E-state index in [0.717, 1.165) is 19.3 Å². The maximum Gasteiger partial charge on any atom is 0.333 e. The van der Waals surface area contributed by atoms with Gasteiger partial charge in [-0.05, 0) is 39.5 Å². The highest BCUT2D eigenvalue weighted by Gasteiger charge is 2.24. The van der Waals surface area contributed by atoms with Crippen LogP contribution < -0.4 is 0 Å². The number of nitrogens with zero attached hydrogens (tertiary/aromatic N) is 2. The summed E-state index contributed by atoms with van der Waals surface area (Å²) in [5.74, 6) is -0.299. The van der Waals surface area contributed by atoms with Gasteiger partial charge in [-0.1, -0.05) is 19.9 Å². The lowest BCUT2D eigenvalue weighted by Crippen LogP contribution is -2.26. The van der Waals surface area contributed by atoms with Gasteiger partial charge in [-0.2, -0.15) is 4.99 Å². The van der Waals surface area contributed by atoms with Gasteiger partial charge in [0.05, 0.1) is 12.1 Å². The summed E-state index contributed by atoms with van der Waals surface area (Å²) in [4.78, 5) is 37.7. The number of hydrogen-bond donors (Lipinski definition) is 2. The third kappa shape index (κ3) is 15.2. The number of esters is 1. The van der Waals surface area contributed by atoms with E-state index >= 15 is 0 Å². The first kappa shape index (κ1) is 25.1. The summed E-state index contributed by atoms with van der Waals surface area (Å²) >= 11 is 0. The monoisotopic (exact) mass is 356 g/mol. The zero-order valence-corrected chi connectivity index (χ0v) is 15.3. The molecule has 0 spiro atoms. The molecule has 0 aromatic heterocycles. The summed E-state index contributed by atoms with van der Waals surface area (Å²) in [5.41, 5.74) is -0.115. The van der Waals surface area contributed by atoms with E-state index in [9.17, 15) is 14.4 Å². The molecule has 1 unspecified atom stereocenters. The van der Waals surface area contributed by atoms with Crippen LogP contribution in [0.3, 0.4) is 0 Å². The van der Waals surface area contributed by atoms with E-state index in [0.29, 0.717) is 12.5 Å². The highest BCUT2D eigenvalue weighted by Crippen LogP contribution is 2.25. The van der Waals surface area contributed by atoms with Crippen LogP contribution in [-0.2, 0) is 19.1 Å². The van der Waals surface area contributed by atoms with Crippen molar-refractivity contribution >= 4 is 18.1 Å². The fraction of sp³-hybridized carbons (Fsp3) is 0.706. The summed E-state index contributed by atoms with van der Waals surface area (Å²) < 4.78 is 4.33. The van der Waals surface area contributed by atoms with Gasteiger partial charge < -0.3 is 14.9 Å². The zero-order valence-electron chi connectivity index (χ0n) is 15.3. The van der Waals surface area contributed by atoms with Crippen molar-refractivity contribution in [2.45, 2.75) is 58.8 Å². The molecule has 1 atom stereocenters. The Morgan fingerprint density at radius 1 is 1.24 bits per heavy atom. The van der Waals surface area contributed by atoms with Gasteiger partial charge in [0, 0.05) is 5.57 Å². The average molecular weight is 356 g/mol. The Morgan fingerprint density at radius 2 is 1.84 bits per heavy atom. The van der Waals surface area contributed by atoms with Crippen LogP contribution in [0.5, 0.6) is 0 Å². The number of aliphatic hydroxyl groups excluding tert-OH is 1. The molecule has 0 amide bonds. The molecule has 8 nitrogen and oxygen atoms in total. The Balaban J connectivity index is 0. The quantitative estimate of drug-likeness (QED) is 0.153. The predicted octanol–water partition coefficient (Wildman–Crippen LogP) is 1.66. The van der Waals surface area contributed by atoms with E-state index in [-0.39, 0.29) is 11.1 Å². The van der Waals surface area contributed by atoms with E-state index in [1.165, 1.54) is 13.0 Å². The van der Waals surface area contributed by atoms with Crippen LogP contribution in [0, 0.1) is 5.92 Å². The number of carbonyl (C=O) groups excluding carboxylic acids is 3. The van der Waals surface area contributed by atoms with Crippen LogP contribution in [0.1, 0.15) is 47.0 Å². The second-order valence-electron chi connectivity index (χ2n) is 6.09. The molecule has 0 aromatic rings. The number of carbonyl (C=O) groups is 1. The fourth-order valence-electron chi connectivity index (χ4n) is 1.54. The van der Waals surface area contributed by atoms with Crippen molar-refractivity contribution in [3.05, 3.63) is 12.2 Å². The van der Waals surface area contributed by atoms with E-state index in [1.807, 2.05) is 13.8 Å². The molecule has 0 aliphatic rings.